The van der Waals surface area contributed by atoms with Crippen molar-refractivity contribution in [2.24, 2.45) is 17.8 Å². The van der Waals surface area contributed by atoms with Crippen molar-refractivity contribution in [3.63, 3.8) is 0 Å². The fraction of sp³-hybridized carbons (Fsp3) is 0.605. The van der Waals surface area contributed by atoms with Crippen LogP contribution < -0.4 is 10.1 Å². The normalized spacial score (nSPS) is 24.7. The number of amides is 2. The molecule has 2 aliphatic carbocycles. The fourth-order valence-corrected chi connectivity index (χ4v) is 9.50. The average molecular weight is 758 g/mol. The summed E-state index contributed by atoms with van der Waals surface area (Å²) in [7, 11) is 0. The van der Waals surface area contributed by atoms with Crippen LogP contribution in [-0.4, -0.2) is 68.1 Å². The Morgan fingerprint density at radius 1 is 1.09 bits per heavy atom. The molecule has 2 aromatic heterocycles. The van der Waals surface area contributed by atoms with E-state index in [1.807, 2.05) is 19.9 Å². The fourth-order valence-electron chi connectivity index (χ4n) is 8.57. The van der Waals surface area contributed by atoms with Gasteiger partial charge in [0.1, 0.15) is 28.2 Å². The number of fused-ring (bicyclic) bond motifs is 1. The Morgan fingerprint density at radius 2 is 1.87 bits per heavy atom. The summed E-state index contributed by atoms with van der Waals surface area (Å²) in [6.45, 7) is 18.0. The summed E-state index contributed by atoms with van der Waals surface area (Å²) in [5.74, 6) is -1.34. The monoisotopic (exact) mass is 757 g/mol. The van der Waals surface area contributed by atoms with Crippen LogP contribution in [-0.2, 0) is 19.1 Å². The number of aromatic nitrogens is 3. The number of para-hydroxylation sites is 1. The Bertz CT molecular complexity index is 1830. The van der Waals surface area contributed by atoms with E-state index >= 15 is 0 Å². The van der Waals surface area contributed by atoms with Gasteiger partial charge in [-0.3, -0.25) is 14.2 Å². The number of hydrogen-bond acceptors (Lipinski definition) is 8. The molecule has 292 valence electrons. The molecule has 0 spiro atoms. The van der Waals surface area contributed by atoms with E-state index in [-0.39, 0.29) is 42.8 Å². The smallest absolute Gasteiger partial charge is 0.332 e. The van der Waals surface area contributed by atoms with Crippen LogP contribution >= 0.6 is 11.3 Å². The molecule has 3 aromatic rings. The number of likely N-dealkylation sites (tertiary alicyclic amines) is 1. The highest BCUT2D eigenvalue weighted by atomic mass is 32.1. The molecular formula is C43H59N5O5S. The van der Waals surface area contributed by atoms with E-state index in [0.717, 1.165) is 53.7 Å². The number of carbonyl (C=O) groups excluding carboxylic acids is 3. The number of imidazole rings is 1. The lowest BCUT2D eigenvalue weighted by atomic mass is 9.87. The van der Waals surface area contributed by atoms with Gasteiger partial charge in [0.2, 0.25) is 11.8 Å². The highest BCUT2D eigenvalue weighted by Crippen LogP contribution is 2.46. The molecule has 2 saturated carbocycles. The first-order chi connectivity index (χ1) is 26.0. The molecule has 0 bridgehead atoms. The largest absolute Gasteiger partial charge is 0.464 e. The summed E-state index contributed by atoms with van der Waals surface area (Å²) in [6, 6.07) is 5.83. The second-order valence-corrected chi connectivity index (χ2v) is 16.8. The number of hydrogen-bond donors (Lipinski definition) is 1. The highest BCUT2D eigenvalue weighted by molar-refractivity contribution is 7.13. The van der Waals surface area contributed by atoms with E-state index in [1.54, 1.807) is 29.2 Å². The molecule has 1 aromatic carbocycles. The zero-order valence-electron chi connectivity index (χ0n) is 32.9. The Balaban J connectivity index is 1.29. The van der Waals surface area contributed by atoms with Gasteiger partial charge in [-0.2, -0.15) is 4.98 Å². The number of nitrogens with one attached hydrogen (secondary N) is 1. The minimum atomic E-state index is -1.17. The Labute approximate surface area is 324 Å². The van der Waals surface area contributed by atoms with Gasteiger partial charge in [-0.25, -0.2) is 9.78 Å². The molecule has 1 saturated heterocycles. The number of carbonyl (C=O) groups is 3. The van der Waals surface area contributed by atoms with Crippen molar-refractivity contribution in [1.82, 2.24) is 24.8 Å². The summed E-state index contributed by atoms with van der Waals surface area (Å²) in [4.78, 5) is 53.7. The van der Waals surface area contributed by atoms with Crippen LogP contribution in [0.3, 0.4) is 0 Å². The first kappa shape index (κ1) is 39.7. The first-order valence-electron chi connectivity index (χ1n) is 20.2. The van der Waals surface area contributed by atoms with Gasteiger partial charge in [-0.1, -0.05) is 64.2 Å². The minimum Gasteiger partial charge on any atom is -0.464 e. The number of thiazole rings is 1. The van der Waals surface area contributed by atoms with Crippen LogP contribution in [0.5, 0.6) is 6.01 Å². The lowest BCUT2D eigenvalue weighted by Crippen LogP contribution is -2.55. The number of nitrogens with zero attached hydrogens (tertiary/aromatic N) is 4. The zero-order valence-corrected chi connectivity index (χ0v) is 33.7. The number of rotatable bonds is 17. The topological polar surface area (TPSA) is 116 Å². The lowest BCUT2D eigenvalue weighted by Gasteiger charge is -2.29. The predicted octanol–water partition coefficient (Wildman–Crippen LogP) is 8.78. The van der Waals surface area contributed by atoms with Gasteiger partial charge in [-0.15, -0.1) is 24.5 Å². The van der Waals surface area contributed by atoms with Gasteiger partial charge in [0.05, 0.1) is 24.4 Å². The van der Waals surface area contributed by atoms with E-state index in [4.69, 9.17) is 19.4 Å². The zero-order chi connectivity index (χ0) is 38.6. The maximum Gasteiger partial charge on any atom is 0.332 e. The first-order valence-corrected chi connectivity index (χ1v) is 21.1. The van der Waals surface area contributed by atoms with E-state index in [1.165, 1.54) is 37.8 Å². The van der Waals surface area contributed by atoms with Crippen molar-refractivity contribution >= 4 is 40.2 Å². The molecule has 3 aliphatic rings. The van der Waals surface area contributed by atoms with Gasteiger partial charge in [0.15, 0.2) is 0 Å². The number of ether oxygens (including phenoxy) is 2. The summed E-state index contributed by atoms with van der Waals surface area (Å²) in [5, 5.41) is 6.20. The molecule has 6 rings (SSSR count). The van der Waals surface area contributed by atoms with Gasteiger partial charge >= 0.3 is 5.97 Å². The number of unbranched alkanes of at least 4 members (excludes halogenated alkanes) is 3. The predicted molar refractivity (Wildman–Crippen MR) is 214 cm³/mol. The number of esters is 1. The molecule has 10 nitrogen and oxygen atoms in total. The molecule has 2 amide bonds. The second kappa shape index (κ2) is 17.2. The van der Waals surface area contributed by atoms with Gasteiger partial charge in [0, 0.05) is 40.7 Å². The quantitative estimate of drug-likeness (QED) is 0.0832. The summed E-state index contributed by atoms with van der Waals surface area (Å²) < 4.78 is 14.3. The Hall–Kier alpha value is -3.99. The van der Waals surface area contributed by atoms with Crippen molar-refractivity contribution in [1.29, 1.82) is 0 Å². The molecule has 54 heavy (non-hydrogen) atoms. The van der Waals surface area contributed by atoms with Crippen LogP contribution in [0.25, 0.3) is 21.6 Å². The lowest BCUT2D eigenvalue weighted by molar-refractivity contribution is -0.150. The van der Waals surface area contributed by atoms with Crippen molar-refractivity contribution in [2.75, 3.05) is 13.2 Å². The molecule has 0 unspecified atom stereocenters. The molecule has 3 heterocycles. The van der Waals surface area contributed by atoms with E-state index < -0.39 is 29.6 Å². The van der Waals surface area contributed by atoms with Crippen molar-refractivity contribution < 1.29 is 23.9 Å². The third-order valence-electron chi connectivity index (χ3n) is 11.8. The molecule has 3 fully saturated rings. The number of benzene rings is 1. The van der Waals surface area contributed by atoms with Gasteiger partial charge in [0.25, 0.3) is 6.01 Å². The molecular weight excluding hydrogens is 699 g/mol. The second-order valence-electron chi connectivity index (χ2n) is 15.9. The van der Waals surface area contributed by atoms with E-state index in [2.05, 4.69) is 60.5 Å². The Morgan fingerprint density at radius 3 is 2.56 bits per heavy atom. The maximum atomic E-state index is 14.3. The van der Waals surface area contributed by atoms with Gasteiger partial charge in [-0.05, 0) is 71.4 Å². The molecule has 6 atom stereocenters. The van der Waals surface area contributed by atoms with Crippen molar-refractivity contribution in [2.45, 2.75) is 135 Å². The molecule has 11 heteroatoms. The third-order valence-corrected chi connectivity index (χ3v) is 12.7. The SMILES string of the molecule is C=CCCCCC[C@H](C)C(=O)N1C[C@H](Oc2nc3c(-c4nc(C5CCCCC5)cs4)cccc3n2C(C)C)[C@@H](C)[C@H]1C(=O)N[C@]1(C(=O)OCC)C[C@H]1C=C. The van der Waals surface area contributed by atoms with Gasteiger partial charge < -0.3 is 19.7 Å². The molecule has 1 aliphatic heterocycles. The summed E-state index contributed by atoms with van der Waals surface area (Å²) in [5.41, 5.74) is 2.76. The van der Waals surface area contributed by atoms with Crippen LogP contribution in [0.4, 0.5) is 0 Å². The van der Waals surface area contributed by atoms with E-state index in [0.29, 0.717) is 18.3 Å². The average Bonchev–Trinajstić information content (AvgIpc) is 3.43. The minimum absolute atomic E-state index is 0.0270. The van der Waals surface area contributed by atoms with Crippen LogP contribution in [0.2, 0.25) is 0 Å². The van der Waals surface area contributed by atoms with Crippen LogP contribution in [0, 0.1) is 17.8 Å². The highest BCUT2D eigenvalue weighted by Gasteiger charge is 2.62. The van der Waals surface area contributed by atoms with E-state index in [9.17, 15) is 14.4 Å². The molecule has 1 N–H and O–H groups in total. The summed E-state index contributed by atoms with van der Waals surface area (Å²) in [6.07, 6.45) is 14.3. The standard InChI is InChI=1S/C43H59N5O5S/c1-8-11-12-13-15-19-28(6)40(50)47-25-35(29(7)37(47)38(49)46-43(24-31(43)9-2)41(51)52-10-3)53-42-45-36-32(22-18-23-34(36)48(42)27(4)5)39-44-33(26-54-39)30-20-16-14-17-21-30/h8-9,18,22-23,26-31,35,37H,1-2,10-17,19-21,24-25H2,3-7H3,(H,46,49)/t28-,29+,31+,35-,37-,43+/m0/s1. The van der Waals surface area contributed by atoms with Crippen LogP contribution in [0.15, 0.2) is 48.9 Å². The summed E-state index contributed by atoms with van der Waals surface area (Å²) >= 11 is 1.67. The third kappa shape index (κ3) is 8.02. The number of allylic oxidation sites excluding steroid dienone is 1. The molecule has 0 radical (unpaired) electrons. The van der Waals surface area contributed by atoms with Crippen LogP contribution in [0.1, 0.15) is 123 Å². The maximum absolute atomic E-state index is 14.3. The Kier molecular flexibility index (Phi) is 12.7. The van der Waals surface area contributed by atoms with Crippen molar-refractivity contribution in [3.05, 3.63) is 54.6 Å². The van der Waals surface area contributed by atoms with Crippen molar-refractivity contribution in [3.8, 4) is 16.6 Å².